The predicted molar refractivity (Wildman–Crippen MR) is 36.2 cm³/mol. The van der Waals surface area contributed by atoms with Gasteiger partial charge < -0.3 is 5.32 Å². The van der Waals surface area contributed by atoms with E-state index in [0.717, 1.165) is 0 Å². The Morgan fingerprint density at radius 1 is 1.36 bits per heavy atom. The molecule has 1 aliphatic heterocycles. The molecule has 66 valence electrons. The molecule has 0 aromatic heterocycles. The Balaban J connectivity index is 2.46. The highest BCUT2D eigenvalue weighted by atomic mass is 19.4. The summed E-state index contributed by atoms with van der Waals surface area (Å²) in [6, 6.07) is 0.00961. The summed E-state index contributed by atoms with van der Waals surface area (Å²) in [5.74, 6) is -1.08. The minimum atomic E-state index is -3.99. The standard InChI is InChI=1S/C7H12F3N/c1-5-4-6(2-3-11-5)7(8,9)10/h5-6,11H,2-4H2,1H3/t5-,6-/m0/s1. The Labute approximate surface area is 64.0 Å². The first kappa shape index (κ1) is 8.84. The first-order valence-electron chi connectivity index (χ1n) is 3.80. The fraction of sp³-hybridized carbons (Fsp3) is 1.00. The number of alkyl halides is 3. The Bertz CT molecular complexity index is 132. The zero-order valence-corrected chi connectivity index (χ0v) is 6.41. The molecular formula is C7H12F3N. The highest BCUT2D eigenvalue weighted by Crippen LogP contribution is 2.33. The zero-order valence-electron chi connectivity index (χ0n) is 6.41. The molecule has 1 nitrogen and oxygen atoms in total. The van der Waals surface area contributed by atoms with E-state index in [-0.39, 0.29) is 18.9 Å². The van der Waals surface area contributed by atoms with Gasteiger partial charge in [0.05, 0.1) is 5.92 Å². The van der Waals surface area contributed by atoms with Crippen LogP contribution >= 0.6 is 0 Å². The summed E-state index contributed by atoms with van der Waals surface area (Å²) in [5, 5.41) is 2.98. The van der Waals surface area contributed by atoms with E-state index < -0.39 is 12.1 Å². The van der Waals surface area contributed by atoms with Crippen molar-refractivity contribution in [3.05, 3.63) is 0 Å². The molecule has 0 unspecified atom stereocenters. The van der Waals surface area contributed by atoms with Crippen molar-refractivity contribution in [3.8, 4) is 0 Å². The number of hydrogen-bond donors (Lipinski definition) is 1. The molecule has 1 N–H and O–H groups in total. The van der Waals surface area contributed by atoms with Crippen LogP contribution in [0, 0.1) is 5.92 Å². The molecule has 1 heterocycles. The van der Waals surface area contributed by atoms with Gasteiger partial charge in [0.2, 0.25) is 0 Å². The monoisotopic (exact) mass is 167 g/mol. The first-order chi connectivity index (χ1) is 5.00. The number of hydrogen-bond acceptors (Lipinski definition) is 1. The molecule has 0 aliphatic carbocycles. The van der Waals surface area contributed by atoms with E-state index in [1.807, 2.05) is 0 Å². The van der Waals surface area contributed by atoms with Gasteiger partial charge in [0.1, 0.15) is 0 Å². The fourth-order valence-electron chi connectivity index (χ4n) is 1.43. The van der Waals surface area contributed by atoms with Crippen molar-refractivity contribution in [1.82, 2.24) is 5.32 Å². The number of rotatable bonds is 0. The number of nitrogens with one attached hydrogen (secondary N) is 1. The van der Waals surface area contributed by atoms with E-state index in [1.54, 1.807) is 6.92 Å². The third kappa shape index (κ3) is 2.36. The molecular weight excluding hydrogens is 155 g/mol. The van der Waals surface area contributed by atoms with Crippen LogP contribution in [0.1, 0.15) is 19.8 Å². The highest BCUT2D eigenvalue weighted by molar-refractivity contribution is 4.79. The van der Waals surface area contributed by atoms with Crippen molar-refractivity contribution >= 4 is 0 Å². The maximum atomic E-state index is 12.1. The van der Waals surface area contributed by atoms with Crippen molar-refractivity contribution in [2.75, 3.05) is 6.54 Å². The molecule has 0 amide bonds. The summed E-state index contributed by atoms with van der Waals surface area (Å²) in [6.45, 7) is 2.28. The van der Waals surface area contributed by atoms with Crippen LogP contribution in [0.15, 0.2) is 0 Å². The van der Waals surface area contributed by atoms with Crippen molar-refractivity contribution in [2.24, 2.45) is 5.92 Å². The van der Waals surface area contributed by atoms with Gasteiger partial charge in [-0.05, 0) is 26.3 Å². The van der Waals surface area contributed by atoms with Gasteiger partial charge in [-0.2, -0.15) is 13.2 Å². The summed E-state index contributed by atoms with van der Waals surface area (Å²) in [4.78, 5) is 0. The van der Waals surface area contributed by atoms with Crippen LogP contribution in [0.4, 0.5) is 13.2 Å². The van der Waals surface area contributed by atoms with Crippen molar-refractivity contribution < 1.29 is 13.2 Å². The second-order valence-electron chi connectivity index (χ2n) is 3.12. The van der Waals surface area contributed by atoms with Gasteiger partial charge in [-0.1, -0.05) is 0 Å². The average molecular weight is 167 g/mol. The molecule has 11 heavy (non-hydrogen) atoms. The van der Waals surface area contributed by atoms with Gasteiger partial charge in [0.15, 0.2) is 0 Å². The Kier molecular flexibility index (Phi) is 2.42. The molecule has 0 radical (unpaired) electrons. The minimum absolute atomic E-state index is 0.00961. The second kappa shape index (κ2) is 3.01. The Morgan fingerprint density at radius 3 is 2.36 bits per heavy atom. The third-order valence-electron chi connectivity index (χ3n) is 2.09. The molecule has 0 spiro atoms. The van der Waals surface area contributed by atoms with Crippen LogP contribution in [0.3, 0.4) is 0 Å². The summed E-state index contributed by atoms with van der Waals surface area (Å²) >= 11 is 0. The molecule has 1 aliphatic rings. The molecule has 0 bridgehead atoms. The largest absolute Gasteiger partial charge is 0.391 e. The lowest BCUT2D eigenvalue weighted by atomic mass is 9.93. The highest BCUT2D eigenvalue weighted by Gasteiger charge is 2.41. The van der Waals surface area contributed by atoms with Gasteiger partial charge in [0.25, 0.3) is 0 Å². The topological polar surface area (TPSA) is 12.0 Å². The van der Waals surface area contributed by atoms with E-state index in [0.29, 0.717) is 6.54 Å². The SMILES string of the molecule is C[C@H]1C[C@@H](C(F)(F)F)CCN1. The summed E-state index contributed by atoms with van der Waals surface area (Å²) < 4.78 is 36.3. The van der Waals surface area contributed by atoms with Gasteiger partial charge in [-0.25, -0.2) is 0 Å². The van der Waals surface area contributed by atoms with Crippen LogP contribution in [-0.2, 0) is 0 Å². The lowest BCUT2D eigenvalue weighted by Gasteiger charge is -2.29. The van der Waals surface area contributed by atoms with Crippen LogP contribution in [-0.4, -0.2) is 18.8 Å². The van der Waals surface area contributed by atoms with Crippen LogP contribution in [0.2, 0.25) is 0 Å². The normalized spacial score (nSPS) is 33.8. The number of piperidine rings is 1. The van der Waals surface area contributed by atoms with E-state index in [2.05, 4.69) is 5.32 Å². The van der Waals surface area contributed by atoms with Crippen LogP contribution < -0.4 is 5.32 Å². The third-order valence-corrected chi connectivity index (χ3v) is 2.09. The molecule has 4 heteroatoms. The molecule has 1 saturated heterocycles. The van der Waals surface area contributed by atoms with E-state index in [9.17, 15) is 13.2 Å². The smallest absolute Gasteiger partial charge is 0.314 e. The Morgan fingerprint density at radius 2 is 2.00 bits per heavy atom. The van der Waals surface area contributed by atoms with Crippen molar-refractivity contribution in [1.29, 1.82) is 0 Å². The van der Waals surface area contributed by atoms with Crippen LogP contribution in [0.5, 0.6) is 0 Å². The molecule has 1 fully saturated rings. The molecule has 0 saturated carbocycles. The van der Waals surface area contributed by atoms with Crippen LogP contribution in [0.25, 0.3) is 0 Å². The molecule has 1 rings (SSSR count). The van der Waals surface area contributed by atoms with E-state index >= 15 is 0 Å². The maximum absolute atomic E-state index is 12.1. The van der Waals surface area contributed by atoms with Gasteiger partial charge in [-0.3, -0.25) is 0 Å². The summed E-state index contributed by atoms with van der Waals surface area (Å²) in [6.07, 6.45) is -3.53. The lowest BCUT2D eigenvalue weighted by molar-refractivity contribution is -0.182. The fourth-order valence-corrected chi connectivity index (χ4v) is 1.43. The zero-order chi connectivity index (χ0) is 8.48. The predicted octanol–water partition coefficient (Wildman–Crippen LogP) is 1.94. The van der Waals surface area contributed by atoms with E-state index in [1.165, 1.54) is 0 Å². The summed E-state index contributed by atoms with van der Waals surface area (Å²) in [5.41, 5.74) is 0. The van der Waals surface area contributed by atoms with E-state index in [4.69, 9.17) is 0 Å². The van der Waals surface area contributed by atoms with Gasteiger partial charge in [-0.15, -0.1) is 0 Å². The van der Waals surface area contributed by atoms with Crippen molar-refractivity contribution in [3.63, 3.8) is 0 Å². The second-order valence-corrected chi connectivity index (χ2v) is 3.12. The Hall–Kier alpha value is -0.250. The lowest BCUT2D eigenvalue weighted by Crippen LogP contribution is -2.41. The maximum Gasteiger partial charge on any atom is 0.391 e. The average Bonchev–Trinajstić information content (AvgIpc) is 1.86. The van der Waals surface area contributed by atoms with Gasteiger partial charge >= 0.3 is 6.18 Å². The van der Waals surface area contributed by atoms with Crippen molar-refractivity contribution in [2.45, 2.75) is 32.0 Å². The number of halogens is 3. The first-order valence-corrected chi connectivity index (χ1v) is 3.80. The molecule has 0 aromatic carbocycles. The minimum Gasteiger partial charge on any atom is -0.314 e. The van der Waals surface area contributed by atoms with Gasteiger partial charge in [0, 0.05) is 6.04 Å². The quantitative estimate of drug-likeness (QED) is 0.581. The molecule has 0 aromatic rings. The molecule has 2 atom stereocenters. The summed E-state index contributed by atoms with van der Waals surface area (Å²) in [7, 11) is 0.